The summed E-state index contributed by atoms with van der Waals surface area (Å²) < 4.78 is 0. The summed E-state index contributed by atoms with van der Waals surface area (Å²) in [5.41, 5.74) is 2.28. The predicted octanol–water partition coefficient (Wildman–Crippen LogP) is 1.54. The second kappa shape index (κ2) is 10.6. The highest BCUT2D eigenvalue weighted by atomic mass is 32.1. The maximum absolute atomic E-state index is 12.4. The maximum Gasteiger partial charge on any atom is 0.309 e. The molecular formula is C22H31N5O2S. The number of nitrogens with one attached hydrogen (secondary N) is 2. The number of carbonyl (C=O) groups excluding carboxylic acids is 2. The van der Waals surface area contributed by atoms with Gasteiger partial charge >= 0.3 is 11.8 Å². The van der Waals surface area contributed by atoms with Gasteiger partial charge in [-0.25, -0.2) is 0 Å². The number of hydrogen-bond acceptors (Lipinski definition) is 6. The van der Waals surface area contributed by atoms with Gasteiger partial charge in [-0.3, -0.25) is 14.5 Å². The lowest BCUT2D eigenvalue weighted by atomic mass is 10.0. The highest BCUT2D eigenvalue weighted by molar-refractivity contribution is 7.09. The highest BCUT2D eigenvalue weighted by Crippen LogP contribution is 2.24. The van der Waals surface area contributed by atoms with E-state index in [9.17, 15) is 9.59 Å². The summed E-state index contributed by atoms with van der Waals surface area (Å²) in [7, 11) is 6.15. The van der Waals surface area contributed by atoms with Crippen LogP contribution in [0.1, 0.15) is 16.5 Å². The number of benzene rings is 1. The zero-order valence-electron chi connectivity index (χ0n) is 17.9. The molecule has 1 aliphatic rings. The van der Waals surface area contributed by atoms with Gasteiger partial charge in [0.15, 0.2) is 0 Å². The first kappa shape index (κ1) is 22.3. The zero-order chi connectivity index (χ0) is 21.5. The van der Waals surface area contributed by atoms with E-state index in [0.29, 0.717) is 13.1 Å². The second-order valence-corrected chi connectivity index (χ2v) is 8.85. The van der Waals surface area contributed by atoms with E-state index < -0.39 is 11.8 Å². The fraction of sp³-hybridized carbons (Fsp3) is 0.455. The number of hydrogen-bond donors (Lipinski definition) is 2. The Morgan fingerprint density at radius 1 is 1.03 bits per heavy atom. The third kappa shape index (κ3) is 6.04. The Morgan fingerprint density at radius 3 is 2.30 bits per heavy atom. The fourth-order valence-corrected chi connectivity index (χ4v) is 4.16. The number of piperazine rings is 1. The number of likely N-dealkylation sites (N-methyl/N-ethyl adjacent to an activating group) is 1. The molecule has 30 heavy (non-hydrogen) atoms. The summed E-state index contributed by atoms with van der Waals surface area (Å²) in [4.78, 5) is 32.3. The molecule has 0 spiro atoms. The molecule has 1 aliphatic heterocycles. The van der Waals surface area contributed by atoms with Crippen LogP contribution in [0, 0.1) is 0 Å². The lowest BCUT2D eigenvalue weighted by Gasteiger charge is -2.38. The minimum absolute atomic E-state index is 0.0314. The van der Waals surface area contributed by atoms with E-state index in [1.807, 2.05) is 31.6 Å². The van der Waals surface area contributed by atoms with E-state index in [1.165, 1.54) is 0 Å². The Bertz CT molecular complexity index is 815. The summed E-state index contributed by atoms with van der Waals surface area (Å²) >= 11 is 1.55. The summed E-state index contributed by atoms with van der Waals surface area (Å²) in [6, 6.07) is 12.3. The van der Waals surface area contributed by atoms with Crippen molar-refractivity contribution >= 4 is 28.8 Å². The summed E-state index contributed by atoms with van der Waals surface area (Å²) in [6.45, 7) is 4.60. The predicted molar refractivity (Wildman–Crippen MR) is 122 cm³/mol. The number of anilines is 1. The van der Waals surface area contributed by atoms with Crippen LogP contribution >= 0.6 is 11.3 Å². The van der Waals surface area contributed by atoms with Crippen LogP contribution in [0.25, 0.3) is 0 Å². The third-order valence-corrected chi connectivity index (χ3v) is 6.31. The molecule has 7 nitrogen and oxygen atoms in total. The van der Waals surface area contributed by atoms with E-state index in [-0.39, 0.29) is 6.04 Å². The minimum Gasteiger partial charge on any atom is -0.378 e. The van der Waals surface area contributed by atoms with Crippen molar-refractivity contribution in [3.63, 3.8) is 0 Å². The molecule has 2 amide bonds. The van der Waals surface area contributed by atoms with Gasteiger partial charge in [0.1, 0.15) is 0 Å². The van der Waals surface area contributed by atoms with Crippen molar-refractivity contribution in [3.05, 3.63) is 52.2 Å². The molecule has 1 aromatic heterocycles. The lowest BCUT2D eigenvalue weighted by molar-refractivity contribution is -0.139. The van der Waals surface area contributed by atoms with E-state index in [2.05, 4.69) is 56.6 Å². The Balaban J connectivity index is 1.62. The van der Waals surface area contributed by atoms with Crippen LogP contribution in [-0.4, -0.2) is 75.5 Å². The van der Waals surface area contributed by atoms with E-state index in [1.54, 1.807) is 11.3 Å². The van der Waals surface area contributed by atoms with Crippen LogP contribution in [-0.2, 0) is 16.1 Å². The van der Waals surface area contributed by atoms with Gasteiger partial charge in [-0.2, -0.15) is 0 Å². The number of thiophene rings is 1. The summed E-state index contributed by atoms with van der Waals surface area (Å²) in [5.74, 6) is -1.18. The normalized spacial score (nSPS) is 16.1. The molecule has 3 rings (SSSR count). The number of amides is 2. The van der Waals surface area contributed by atoms with Crippen LogP contribution < -0.4 is 15.5 Å². The number of carbonyl (C=O) groups is 2. The molecule has 8 heteroatoms. The quantitative estimate of drug-likeness (QED) is 0.654. The van der Waals surface area contributed by atoms with Crippen molar-refractivity contribution in [1.29, 1.82) is 0 Å². The smallest absolute Gasteiger partial charge is 0.309 e. The molecule has 1 aromatic carbocycles. The second-order valence-electron chi connectivity index (χ2n) is 7.81. The Hall–Kier alpha value is -2.42. The molecule has 0 radical (unpaired) electrons. The third-order valence-electron chi connectivity index (χ3n) is 5.44. The number of rotatable bonds is 7. The van der Waals surface area contributed by atoms with Gasteiger partial charge < -0.3 is 20.4 Å². The van der Waals surface area contributed by atoms with Crippen LogP contribution in [0.2, 0.25) is 0 Å². The molecule has 162 valence electrons. The van der Waals surface area contributed by atoms with Crippen LogP contribution in [0.5, 0.6) is 0 Å². The van der Waals surface area contributed by atoms with Crippen molar-refractivity contribution in [2.45, 2.75) is 12.6 Å². The Kier molecular flexibility index (Phi) is 7.84. The maximum atomic E-state index is 12.4. The molecule has 2 aromatic rings. The van der Waals surface area contributed by atoms with Crippen molar-refractivity contribution in [2.75, 3.05) is 58.8 Å². The standard InChI is InChI=1S/C22H31N5O2S/c1-25(2)18-8-6-17(7-9-18)20(27-12-10-26(3)11-13-27)16-24-22(29)21(28)23-15-19-5-4-14-30-19/h4-9,14,20H,10-13,15-16H2,1-3H3,(H,23,28)(H,24,29)/t20-/m0/s1. The largest absolute Gasteiger partial charge is 0.378 e. The Labute approximate surface area is 182 Å². The Morgan fingerprint density at radius 2 is 1.70 bits per heavy atom. The molecule has 1 saturated heterocycles. The van der Waals surface area contributed by atoms with Crippen molar-refractivity contribution in [3.8, 4) is 0 Å². The summed E-state index contributed by atoms with van der Waals surface area (Å²) in [6.07, 6.45) is 0. The van der Waals surface area contributed by atoms with Gasteiger partial charge in [-0.1, -0.05) is 18.2 Å². The molecule has 0 unspecified atom stereocenters. The summed E-state index contributed by atoms with van der Waals surface area (Å²) in [5, 5.41) is 7.48. The molecule has 0 saturated carbocycles. The molecule has 2 N–H and O–H groups in total. The van der Waals surface area contributed by atoms with Gasteiger partial charge in [0.25, 0.3) is 0 Å². The van der Waals surface area contributed by atoms with Gasteiger partial charge in [-0.05, 0) is 36.2 Å². The molecule has 2 heterocycles. The van der Waals surface area contributed by atoms with E-state index in [0.717, 1.165) is 42.3 Å². The molecule has 1 fully saturated rings. The van der Waals surface area contributed by atoms with Crippen LogP contribution in [0.15, 0.2) is 41.8 Å². The minimum atomic E-state index is -0.594. The van der Waals surface area contributed by atoms with Gasteiger partial charge in [0.2, 0.25) is 0 Å². The molecule has 0 aliphatic carbocycles. The first-order valence-electron chi connectivity index (χ1n) is 10.2. The zero-order valence-corrected chi connectivity index (χ0v) is 18.7. The van der Waals surface area contributed by atoms with Gasteiger partial charge in [0.05, 0.1) is 12.6 Å². The van der Waals surface area contributed by atoms with Gasteiger partial charge in [-0.15, -0.1) is 11.3 Å². The lowest BCUT2D eigenvalue weighted by Crippen LogP contribution is -2.49. The monoisotopic (exact) mass is 429 g/mol. The van der Waals surface area contributed by atoms with E-state index in [4.69, 9.17) is 0 Å². The molecular weight excluding hydrogens is 398 g/mol. The molecule has 0 bridgehead atoms. The van der Waals surface area contributed by atoms with Crippen molar-refractivity contribution < 1.29 is 9.59 Å². The van der Waals surface area contributed by atoms with Crippen LogP contribution in [0.3, 0.4) is 0 Å². The highest BCUT2D eigenvalue weighted by Gasteiger charge is 2.25. The van der Waals surface area contributed by atoms with Crippen molar-refractivity contribution in [2.24, 2.45) is 0 Å². The SMILES string of the molecule is CN1CCN([C@@H](CNC(=O)C(=O)NCc2cccs2)c2ccc(N(C)C)cc2)CC1. The molecule has 1 atom stereocenters. The van der Waals surface area contributed by atoms with E-state index >= 15 is 0 Å². The average molecular weight is 430 g/mol. The first-order valence-corrected chi connectivity index (χ1v) is 11.1. The fourth-order valence-electron chi connectivity index (χ4n) is 3.52. The van der Waals surface area contributed by atoms with Gasteiger partial charge in [0, 0.05) is 57.4 Å². The topological polar surface area (TPSA) is 67.9 Å². The van der Waals surface area contributed by atoms with Crippen molar-refractivity contribution in [1.82, 2.24) is 20.4 Å². The number of nitrogens with zero attached hydrogens (tertiary/aromatic N) is 3. The van der Waals surface area contributed by atoms with Crippen LogP contribution in [0.4, 0.5) is 5.69 Å². The first-order chi connectivity index (χ1) is 14.4. The average Bonchev–Trinajstić information content (AvgIpc) is 3.27.